The molecule has 0 aromatic heterocycles. The lowest BCUT2D eigenvalue weighted by atomic mass is 9.96. The molecule has 4 aliphatic rings. The first-order valence-corrected chi connectivity index (χ1v) is 9.59. The first-order chi connectivity index (χ1) is 13.7. The molecule has 0 spiro atoms. The van der Waals surface area contributed by atoms with Gasteiger partial charge in [0.2, 0.25) is 0 Å². The molecule has 28 heavy (non-hydrogen) atoms. The topological polar surface area (TPSA) is 118 Å². The molecule has 10 atom stereocenters. The molecule has 0 amide bonds. The minimum atomic E-state index is -0.641. The van der Waals surface area contributed by atoms with Gasteiger partial charge in [-0.15, -0.1) is 0 Å². The van der Waals surface area contributed by atoms with E-state index in [9.17, 15) is 5.11 Å². The number of ether oxygens (including phenoxy) is 8. The highest BCUT2D eigenvalue weighted by atomic mass is 16.8. The van der Waals surface area contributed by atoms with E-state index in [4.69, 9.17) is 37.9 Å². The molecule has 0 aromatic carbocycles. The normalized spacial score (nSPS) is 48.4. The Bertz CT molecular complexity index is 515. The monoisotopic (exact) mass is 406 g/mol. The van der Waals surface area contributed by atoms with Crippen LogP contribution in [0.4, 0.5) is 0 Å². The Hall–Kier alpha value is -0.440. The van der Waals surface area contributed by atoms with Crippen LogP contribution in [0.2, 0.25) is 0 Å². The van der Waals surface area contributed by atoms with Crippen molar-refractivity contribution in [3.8, 4) is 0 Å². The molecule has 162 valence electrons. The van der Waals surface area contributed by atoms with E-state index in [1.807, 2.05) is 14.1 Å². The predicted molar refractivity (Wildman–Crippen MR) is 92.3 cm³/mol. The second kappa shape index (κ2) is 9.14. The maximum Gasteiger partial charge on any atom is 0.176 e. The van der Waals surface area contributed by atoms with Crippen molar-refractivity contribution in [1.29, 1.82) is 0 Å². The molecule has 0 saturated carbocycles. The van der Waals surface area contributed by atoms with Crippen molar-refractivity contribution in [3.05, 3.63) is 0 Å². The standard InChI is InChI=1S/C17H30N2O9/c1-18-10-14-13(24-7-25-14)9(28-16(10)21-3)5-22-17-11(19-2)15-12(23-6-26-15)8(4-20)27-17/h8-20H,4-7H2,1-3H3/t8?,9?,10?,11?,12-,13-,14?,15?,16-,17-/m1/s1. The largest absolute Gasteiger partial charge is 0.394 e. The van der Waals surface area contributed by atoms with Gasteiger partial charge in [-0.1, -0.05) is 0 Å². The maximum absolute atomic E-state index is 9.66. The van der Waals surface area contributed by atoms with Crippen LogP contribution in [0.1, 0.15) is 0 Å². The molecule has 0 radical (unpaired) electrons. The molecule has 0 aliphatic carbocycles. The minimum absolute atomic E-state index is 0.145. The fourth-order valence-electron chi connectivity index (χ4n) is 4.42. The summed E-state index contributed by atoms with van der Waals surface area (Å²) in [4.78, 5) is 0. The molecule has 6 unspecified atom stereocenters. The highest BCUT2D eigenvalue weighted by Gasteiger charge is 2.52. The minimum Gasteiger partial charge on any atom is -0.394 e. The molecular formula is C17H30N2O9. The van der Waals surface area contributed by atoms with E-state index >= 15 is 0 Å². The van der Waals surface area contributed by atoms with Crippen LogP contribution < -0.4 is 10.6 Å². The average Bonchev–Trinajstić information content (AvgIpc) is 3.40. The fraction of sp³-hybridized carbons (Fsp3) is 1.00. The van der Waals surface area contributed by atoms with Crippen LogP contribution in [0.15, 0.2) is 0 Å². The van der Waals surface area contributed by atoms with Crippen molar-refractivity contribution < 1.29 is 43.0 Å². The fourth-order valence-corrected chi connectivity index (χ4v) is 4.42. The molecule has 4 fully saturated rings. The van der Waals surface area contributed by atoms with E-state index in [-0.39, 0.29) is 63.3 Å². The van der Waals surface area contributed by atoms with Crippen molar-refractivity contribution in [3.63, 3.8) is 0 Å². The van der Waals surface area contributed by atoms with Crippen LogP contribution in [-0.4, -0.2) is 114 Å². The Kier molecular flexibility index (Phi) is 6.80. The van der Waals surface area contributed by atoms with Crippen molar-refractivity contribution >= 4 is 0 Å². The average molecular weight is 406 g/mol. The molecule has 0 bridgehead atoms. The third kappa shape index (κ3) is 3.70. The maximum atomic E-state index is 9.66. The van der Waals surface area contributed by atoms with Crippen LogP contribution in [0.25, 0.3) is 0 Å². The summed E-state index contributed by atoms with van der Waals surface area (Å²) in [5.41, 5.74) is 0. The summed E-state index contributed by atoms with van der Waals surface area (Å²) in [5, 5.41) is 16.0. The molecule has 11 heteroatoms. The zero-order chi connectivity index (χ0) is 19.7. The molecule has 11 nitrogen and oxygen atoms in total. The van der Waals surface area contributed by atoms with Gasteiger partial charge in [-0.2, -0.15) is 0 Å². The zero-order valence-corrected chi connectivity index (χ0v) is 16.3. The summed E-state index contributed by atoms with van der Waals surface area (Å²) >= 11 is 0. The van der Waals surface area contributed by atoms with Gasteiger partial charge < -0.3 is 53.6 Å². The van der Waals surface area contributed by atoms with Crippen molar-refractivity contribution in [1.82, 2.24) is 10.6 Å². The van der Waals surface area contributed by atoms with Gasteiger partial charge in [-0.25, -0.2) is 0 Å². The lowest BCUT2D eigenvalue weighted by Crippen LogP contribution is -2.64. The van der Waals surface area contributed by atoms with Crippen LogP contribution in [0, 0.1) is 0 Å². The number of hydrogen-bond donors (Lipinski definition) is 3. The third-order valence-corrected chi connectivity index (χ3v) is 5.84. The van der Waals surface area contributed by atoms with Gasteiger partial charge in [0.1, 0.15) is 50.2 Å². The number of hydrogen-bond acceptors (Lipinski definition) is 11. The van der Waals surface area contributed by atoms with E-state index in [0.29, 0.717) is 0 Å². The van der Waals surface area contributed by atoms with Crippen LogP contribution >= 0.6 is 0 Å². The Morgan fingerprint density at radius 2 is 1.36 bits per heavy atom. The first-order valence-electron chi connectivity index (χ1n) is 9.59. The SMILES string of the molecule is CNC1C2OCO[C@@H]2C(CO[C@@H]2OC(CO)[C@H]3OCOC3C2NC)O[C@H]1OC. The first kappa shape index (κ1) is 20.8. The smallest absolute Gasteiger partial charge is 0.176 e. The summed E-state index contributed by atoms with van der Waals surface area (Å²) in [6.45, 7) is 0.393. The summed E-state index contributed by atoms with van der Waals surface area (Å²) in [7, 11) is 5.23. The Balaban J connectivity index is 1.42. The lowest BCUT2D eigenvalue weighted by Gasteiger charge is -2.44. The number of rotatable bonds is 7. The van der Waals surface area contributed by atoms with Crippen LogP contribution in [0.3, 0.4) is 0 Å². The Morgan fingerprint density at radius 3 is 1.93 bits per heavy atom. The molecule has 3 N–H and O–H groups in total. The van der Waals surface area contributed by atoms with Gasteiger partial charge in [-0.05, 0) is 14.1 Å². The molecule has 4 heterocycles. The van der Waals surface area contributed by atoms with Gasteiger partial charge in [0.25, 0.3) is 0 Å². The number of fused-ring (bicyclic) bond motifs is 2. The zero-order valence-electron chi connectivity index (χ0n) is 16.3. The number of nitrogens with one attached hydrogen (secondary N) is 2. The van der Waals surface area contributed by atoms with Crippen LogP contribution in [-0.2, 0) is 37.9 Å². The Morgan fingerprint density at radius 1 is 0.821 bits per heavy atom. The molecule has 4 rings (SSSR count). The molecular weight excluding hydrogens is 376 g/mol. The summed E-state index contributed by atoms with van der Waals surface area (Å²) in [5.74, 6) is 0. The summed E-state index contributed by atoms with van der Waals surface area (Å²) in [6, 6.07) is -0.396. The number of methoxy groups -OCH3 is 1. The van der Waals surface area contributed by atoms with E-state index in [2.05, 4.69) is 10.6 Å². The predicted octanol–water partition coefficient (Wildman–Crippen LogP) is -2.25. The van der Waals surface area contributed by atoms with E-state index in [1.54, 1.807) is 7.11 Å². The van der Waals surface area contributed by atoms with Crippen molar-refractivity contribution in [2.24, 2.45) is 0 Å². The number of likely N-dealkylation sites (N-methyl/N-ethyl adjacent to an activating group) is 2. The summed E-state index contributed by atoms with van der Waals surface area (Å²) in [6.07, 6.45) is -3.14. The second-order valence-corrected chi connectivity index (χ2v) is 7.23. The van der Waals surface area contributed by atoms with Gasteiger partial charge in [0, 0.05) is 7.11 Å². The highest BCUT2D eigenvalue weighted by Crippen LogP contribution is 2.33. The van der Waals surface area contributed by atoms with Gasteiger partial charge in [0.05, 0.1) is 25.3 Å². The van der Waals surface area contributed by atoms with E-state index < -0.39 is 24.8 Å². The van der Waals surface area contributed by atoms with Crippen LogP contribution in [0.5, 0.6) is 0 Å². The van der Waals surface area contributed by atoms with Crippen molar-refractivity contribution in [2.45, 2.75) is 61.3 Å². The lowest BCUT2D eigenvalue weighted by molar-refractivity contribution is -0.283. The third-order valence-electron chi connectivity index (χ3n) is 5.84. The van der Waals surface area contributed by atoms with E-state index in [0.717, 1.165) is 0 Å². The number of aliphatic hydroxyl groups is 1. The second-order valence-electron chi connectivity index (χ2n) is 7.23. The number of aliphatic hydroxyl groups excluding tert-OH is 1. The van der Waals surface area contributed by atoms with Gasteiger partial charge in [0.15, 0.2) is 12.6 Å². The Labute approximate surface area is 163 Å². The summed E-state index contributed by atoms with van der Waals surface area (Å²) < 4.78 is 46.2. The highest BCUT2D eigenvalue weighted by molar-refractivity contribution is 4.98. The molecule has 4 aliphatic heterocycles. The van der Waals surface area contributed by atoms with E-state index in [1.165, 1.54) is 0 Å². The molecule has 0 aromatic rings. The quantitative estimate of drug-likeness (QED) is 0.426. The van der Waals surface area contributed by atoms with Gasteiger partial charge in [-0.3, -0.25) is 0 Å². The molecule has 4 saturated heterocycles. The van der Waals surface area contributed by atoms with Crippen molar-refractivity contribution in [2.75, 3.05) is 48.0 Å². The van der Waals surface area contributed by atoms with Gasteiger partial charge >= 0.3 is 0 Å².